The zero-order chi connectivity index (χ0) is 27.9. The van der Waals surface area contributed by atoms with E-state index < -0.39 is 48.9 Å². The number of benzene rings is 3. The fourth-order valence-electron chi connectivity index (χ4n) is 3.79. The van der Waals surface area contributed by atoms with Crippen molar-refractivity contribution in [1.82, 2.24) is 10.3 Å². The second-order valence-corrected chi connectivity index (χ2v) is 9.41. The van der Waals surface area contributed by atoms with Gasteiger partial charge in [-0.2, -0.15) is 5.10 Å². The Labute approximate surface area is 227 Å². The number of rotatable bonds is 10. The van der Waals surface area contributed by atoms with E-state index in [-0.39, 0.29) is 22.8 Å². The fourth-order valence-corrected chi connectivity index (χ4v) is 4.97. The average molecular weight is 556 g/mol. The number of halogens is 1. The lowest BCUT2D eigenvalue weighted by atomic mass is 10.1. The molecule has 3 aromatic rings. The van der Waals surface area contributed by atoms with Crippen LogP contribution in [0.1, 0.15) is 26.9 Å². The van der Waals surface area contributed by atoms with Gasteiger partial charge in [0.1, 0.15) is 22.0 Å². The quantitative estimate of drug-likeness (QED) is 0.299. The number of nitrogens with zero attached hydrogens (tertiary/aromatic N) is 2. The number of phenolic OH excluding ortho intramolecular Hbond substituents is 1. The molecule has 0 spiro atoms. The lowest BCUT2D eigenvalue weighted by Crippen LogP contribution is -2.42. The summed E-state index contributed by atoms with van der Waals surface area (Å²) in [6.45, 7) is -1.29. The lowest BCUT2D eigenvalue weighted by molar-refractivity contribution is -0.124. The normalized spacial score (nSPS) is 14.7. The van der Waals surface area contributed by atoms with Crippen LogP contribution in [-0.2, 0) is 4.79 Å². The number of aliphatic hydroxyl groups is 2. The van der Waals surface area contributed by atoms with Crippen LogP contribution in [0.4, 0.5) is 4.39 Å². The highest BCUT2D eigenvalue weighted by Crippen LogP contribution is 2.47. The summed E-state index contributed by atoms with van der Waals surface area (Å²) < 4.78 is 24.8. The SMILES string of the molecule is COc1c(OCC(=O)NC(CO)CO)cccc1C1SC(c2ccc(F)cc2)=NN1C(=O)c1ccccc1O. The van der Waals surface area contributed by atoms with Crippen LogP contribution in [0.15, 0.2) is 71.8 Å². The van der Waals surface area contributed by atoms with E-state index in [4.69, 9.17) is 9.47 Å². The number of amides is 2. The highest BCUT2D eigenvalue weighted by atomic mass is 32.2. The third-order valence-corrected chi connectivity index (χ3v) is 6.94. The monoisotopic (exact) mass is 555 g/mol. The molecule has 4 N–H and O–H groups in total. The van der Waals surface area contributed by atoms with E-state index in [1.165, 1.54) is 48.1 Å². The van der Waals surface area contributed by atoms with Gasteiger partial charge in [-0.3, -0.25) is 9.59 Å². The molecule has 10 nitrogen and oxygen atoms in total. The Bertz CT molecular complexity index is 1370. The number of methoxy groups -OCH3 is 1. The summed E-state index contributed by atoms with van der Waals surface area (Å²) >= 11 is 1.22. The number of thioether (sulfide) groups is 1. The maximum Gasteiger partial charge on any atom is 0.279 e. The summed E-state index contributed by atoms with van der Waals surface area (Å²) in [5, 5.41) is 36.5. The predicted molar refractivity (Wildman–Crippen MR) is 142 cm³/mol. The number of para-hydroxylation sites is 2. The molecular formula is C27H26FN3O7S. The highest BCUT2D eigenvalue weighted by molar-refractivity contribution is 8.14. The maximum absolute atomic E-state index is 13.6. The van der Waals surface area contributed by atoms with Gasteiger partial charge in [0, 0.05) is 11.1 Å². The largest absolute Gasteiger partial charge is 0.507 e. The van der Waals surface area contributed by atoms with E-state index in [0.29, 0.717) is 16.2 Å². The van der Waals surface area contributed by atoms with Crippen molar-refractivity contribution >= 4 is 28.6 Å². The molecule has 0 aliphatic carbocycles. The number of aliphatic hydroxyl groups excluding tert-OH is 2. The van der Waals surface area contributed by atoms with Crippen molar-refractivity contribution in [1.29, 1.82) is 0 Å². The van der Waals surface area contributed by atoms with Crippen LogP contribution in [0.3, 0.4) is 0 Å². The molecule has 3 aromatic carbocycles. The van der Waals surface area contributed by atoms with Crippen LogP contribution in [-0.4, -0.2) is 70.2 Å². The summed E-state index contributed by atoms with van der Waals surface area (Å²) in [5.74, 6) is -1.31. The molecule has 0 bridgehead atoms. The van der Waals surface area contributed by atoms with Gasteiger partial charge in [-0.25, -0.2) is 9.40 Å². The highest BCUT2D eigenvalue weighted by Gasteiger charge is 2.37. The molecule has 0 saturated heterocycles. The summed E-state index contributed by atoms with van der Waals surface area (Å²) in [7, 11) is 1.41. The van der Waals surface area contributed by atoms with Crippen molar-refractivity contribution in [3.05, 3.63) is 89.2 Å². The Morgan fingerprint density at radius 3 is 2.46 bits per heavy atom. The van der Waals surface area contributed by atoms with Crippen molar-refractivity contribution in [2.24, 2.45) is 5.10 Å². The van der Waals surface area contributed by atoms with Crippen molar-refractivity contribution in [3.8, 4) is 17.2 Å². The van der Waals surface area contributed by atoms with Gasteiger partial charge >= 0.3 is 0 Å². The molecule has 39 heavy (non-hydrogen) atoms. The van der Waals surface area contributed by atoms with E-state index in [9.17, 15) is 29.3 Å². The van der Waals surface area contributed by atoms with Crippen molar-refractivity contribution in [2.45, 2.75) is 11.4 Å². The first kappa shape index (κ1) is 27.9. The van der Waals surface area contributed by atoms with Crippen molar-refractivity contribution in [3.63, 3.8) is 0 Å². The molecular weight excluding hydrogens is 529 g/mol. The number of carbonyl (C=O) groups excluding carboxylic acids is 2. The number of hydrazone groups is 1. The Morgan fingerprint density at radius 2 is 1.79 bits per heavy atom. The maximum atomic E-state index is 13.6. The second kappa shape index (κ2) is 12.6. The molecule has 0 radical (unpaired) electrons. The van der Waals surface area contributed by atoms with Crippen LogP contribution < -0.4 is 14.8 Å². The molecule has 1 unspecified atom stereocenters. The van der Waals surface area contributed by atoms with Gasteiger partial charge in [-0.05, 0) is 42.5 Å². The van der Waals surface area contributed by atoms with Gasteiger partial charge in [0.05, 0.1) is 31.9 Å². The van der Waals surface area contributed by atoms with Crippen LogP contribution in [0.5, 0.6) is 17.2 Å². The number of hydrogen-bond donors (Lipinski definition) is 4. The first-order chi connectivity index (χ1) is 18.9. The molecule has 0 aromatic heterocycles. The molecule has 1 aliphatic rings. The molecule has 0 fully saturated rings. The lowest BCUT2D eigenvalue weighted by Gasteiger charge is -2.24. The van der Waals surface area contributed by atoms with Gasteiger partial charge in [-0.1, -0.05) is 36.0 Å². The van der Waals surface area contributed by atoms with Gasteiger partial charge in [0.15, 0.2) is 18.1 Å². The van der Waals surface area contributed by atoms with Gasteiger partial charge in [-0.15, -0.1) is 0 Å². The third kappa shape index (κ3) is 6.30. The third-order valence-electron chi connectivity index (χ3n) is 5.72. The molecule has 2 amide bonds. The van der Waals surface area contributed by atoms with Crippen LogP contribution >= 0.6 is 11.8 Å². The van der Waals surface area contributed by atoms with E-state index in [1.807, 2.05) is 0 Å². The van der Waals surface area contributed by atoms with Gasteiger partial charge < -0.3 is 30.1 Å². The summed E-state index contributed by atoms with van der Waals surface area (Å²) in [4.78, 5) is 25.8. The predicted octanol–water partition coefficient (Wildman–Crippen LogP) is 2.64. The topological polar surface area (TPSA) is 141 Å². The zero-order valence-corrected chi connectivity index (χ0v) is 21.6. The van der Waals surface area contributed by atoms with E-state index in [1.54, 1.807) is 42.5 Å². The minimum absolute atomic E-state index is 0.0394. The standard InChI is InChI=1S/C27H26FN3O7S/c1-37-24-20(6-4-8-22(24)38-15-23(35)29-18(13-32)14-33)27-31(26(36)19-5-2-3-7-21(19)34)30-25(39-27)16-9-11-17(28)12-10-16/h2-12,18,27,32-34H,13-15H2,1H3,(H,29,35). The number of aromatic hydroxyl groups is 1. The van der Waals surface area contributed by atoms with Crippen molar-refractivity contribution < 1.29 is 38.8 Å². The smallest absolute Gasteiger partial charge is 0.279 e. The molecule has 0 saturated carbocycles. The molecule has 204 valence electrons. The molecule has 4 rings (SSSR count). The van der Waals surface area contributed by atoms with E-state index >= 15 is 0 Å². The van der Waals surface area contributed by atoms with E-state index in [2.05, 4.69) is 10.4 Å². The Kier molecular flexibility index (Phi) is 9.02. The molecule has 1 aliphatic heterocycles. The molecule has 12 heteroatoms. The van der Waals surface area contributed by atoms with Gasteiger partial charge in [0.2, 0.25) is 0 Å². The fraction of sp³-hybridized carbons (Fsp3) is 0.222. The van der Waals surface area contributed by atoms with Crippen molar-refractivity contribution in [2.75, 3.05) is 26.9 Å². The minimum Gasteiger partial charge on any atom is -0.507 e. The van der Waals surface area contributed by atoms with Crippen LogP contribution in [0.2, 0.25) is 0 Å². The first-order valence-corrected chi connectivity index (χ1v) is 12.7. The Balaban J connectivity index is 1.67. The Morgan fingerprint density at radius 1 is 1.08 bits per heavy atom. The zero-order valence-electron chi connectivity index (χ0n) is 20.8. The molecule has 1 heterocycles. The second-order valence-electron chi connectivity index (χ2n) is 8.35. The van der Waals surface area contributed by atoms with Crippen LogP contribution in [0.25, 0.3) is 0 Å². The number of hydrogen-bond acceptors (Lipinski definition) is 9. The number of phenols is 1. The average Bonchev–Trinajstić information content (AvgIpc) is 3.40. The summed E-state index contributed by atoms with van der Waals surface area (Å²) in [5.41, 5.74) is 1.12. The summed E-state index contributed by atoms with van der Waals surface area (Å²) in [6.07, 6.45) is 0. The molecule has 1 atom stereocenters. The van der Waals surface area contributed by atoms with E-state index in [0.717, 1.165) is 0 Å². The van der Waals surface area contributed by atoms with Gasteiger partial charge in [0.25, 0.3) is 11.8 Å². The number of ether oxygens (including phenoxy) is 2. The first-order valence-electron chi connectivity index (χ1n) is 11.8. The minimum atomic E-state index is -0.819. The van der Waals surface area contributed by atoms with Crippen LogP contribution in [0, 0.1) is 5.82 Å². The number of carbonyl (C=O) groups is 2. The number of nitrogens with one attached hydrogen (secondary N) is 1. The Hall–Kier alpha value is -4.13. The summed E-state index contributed by atoms with van der Waals surface area (Å²) in [6, 6.07) is 15.9.